The van der Waals surface area contributed by atoms with Crippen LogP contribution in [0.3, 0.4) is 0 Å². The Morgan fingerprint density at radius 1 is 0.923 bits per heavy atom. The van der Waals surface area contributed by atoms with E-state index in [0.29, 0.717) is 12.1 Å². The summed E-state index contributed by atoms with van der Waals surface area (Å²) in [7, 11) is -4.08. The molecule has 0 aromatic heterocycles. The molecule has 3 aromatic rings. The average Bonchev–Trinajstić information content (AvgIpc) is 2.93. The van der Waals surface area contributed by atoms with Gasteiger partial charge in [-0.3, -0.25) is 13.9 Å². The number of amides is 2. The maximum absolute atomic E-state index is 13.9. The molecule has 0 bridgehead atoms. The molecule has 3 aromatic carbocycles. The zero-order valence-corrected chi connectivity index (χ0v) is 25.2. The highest BCUT2D eigenvalue weighted by atomic mass is 79.9. The Labute approximate surface area is 240 Å². The minimum absolute atomic E-state index is 0.0489. The fourth-order valence-corrected chi connectivity index (χ4v) is 5.69. The molecule has 9 heteroatoms. The van der Waals surface area contributed by atoms with Crippen LogP contribution < -0.4 is 9.62 Å². The Bertz CT molecular complexity index is 1350. The number of nitrogens with one attached hydrogen (secondary N) is 1. The largest absolute Gasteiger partial charge is 0.352 e. The molecule has 0 saturated heterocycles. The van der Waals surface area contributed by atoms with Gasteiger partial charge in [0.1, 0.15) is 12.6 Å². The molecule has 7 nitrogen and oxygen atoms in total. The standard InChI is InChI=1S/C30H36BrN3O4S/c1-5-23(3)32-30(36)24(4)33(20-19-25-9-7-6-8-10-25)29(35)21-34(27-15-13-26(31)14-16-27)39(37,38)28-17-11-22(2)12-18-28/h6-18,23-24H,5,19-21H2,1-4H3,(H,32,36)/t23-,24+/m0/s1. The molecule has 0 spiro atoms. The highest BCUT2D eigenvalue weighted by Gasteiger charge is 2.32. The van der Waals surface area contributed by atoms with Gasteiger partial charge in [-0.1, -0.05) is 70.9 Å². The van der Waals surface area contributed by atoms with Gasteiger partial charge in [-0.2, -0.15) is 0 Å². The van der Waals surface area contributed by atoms with Crippen molar-refractivity contribution in [3.63, 3.8) is 0 Å². The van der Waals surface area contributed by atoms with Crippen LogP contribution in [0.2, 0.25) is 0 Å². The van der Waals surface area contributed by atoms with Crippen molar-refractivity contribution in [2.45, 2.75) is 57.5 Å². The highest BCUT2D eigenvalue weighted by molar-refractivity contribution is 9.10. The van der Waals surface area contributed by atoms with Gasteiger partial charge in [0.05, 0.1) is 10.6 Å². The lowest BCUT2D eigenvalue weighted by Crippen LogP contribution is -2.53. The summed E-state index contributed by atoms with van der Waals surface area (Å²) in [6.07, 6.45) is 1.28. The van der Waals surface area contributed by atoms with Crippen LogP contribution in [-0.2, 0) is 26.0 Å². The van der Waals surface area contributed by atoms with Gasteiger partial charge in [0.15, 0.2) is 0 Å². The third-order valence-electron chi connectivity index (χ3n) is 6.65. The normalized spacial score (nSPS) is 12.8. The maximum atomic E-state index is 13.9. The van der Waals surface area contributed by atoms with Crippen LogP contribution in [0.25, 0.3) is 0 Å². The Balaban J connectivity index is 1.96. The predicted octanol–water partition coefficient (Wildman–Crippen LogP) is 5.33. The summed E-state index contributed by atoms with van der Waals surface area (Å²) in [6.45, 7) is 7.25. The number of sulfonamides is 1. The number of halogens is 1. The predicted molar refractivity (Wildman–Crippen MR) is 159 cm³/mol. The lowest BCUT2D eigenvalue weighted by molar-refractivity contribution is -0.139. The van der Waals surface area contributed by atoms with Crippen LogP contribution >= 0.6 is 15.9 Å². The first-order valence-corrected chi connectivity index (χ1v) is 15.2. The number of aryl methyl sites for hydroxylation is 1. The van der Waals surface area contributed by atoms with Crippen molar-refractivity contribution < 1.29 is 18.0 Å². The molecule has 2 amide bonds. The number of hydrogen-bond acceptors (Lipinski definition) is 4. The van der Waals surface area contributed by atoms with Crippen molar-refractivity contribution in [3.05, 3.63) is 94.5 Å². The highest BCUT2D eigenvalue weighted by Crippen LogP contribution is 2.26. The van der Waals surface area contributed by atoms with E-state index in [1.165, 1.54) is 17.0 Å². The van der Waals surface area contributed by atoms with Crippen molar-refractivity contribution >= 4 is 43.5 Å². The summed E-state index contributed by atoms with van der Waals surface area (Å²) in [4.78, 5) is 28.5. The zero-order valence-electron chi connectivity index (χ0n) is 22.8. The smallest absolute Gasteiger partial charge is 0.264 e. The second-order valence-corrected chi connectivity index (χ2v) is 12.4. The first-order valence-electron chi connectivity index (χ1n) is 13.0. The van der Waals surface area contributed by atoms with Crippen LogP contribution in [0, 0.1) is 6.92 Å². The number of benzene rings is 3. The molecule has 2 atom stereocenters. The first-order chi connectivity index (χ1) is 18.5. The molecule has 0 aliphatic carbocycles. The SMILES string of the molecule is CC[C@H](C)NC(=O)[C@@H](C)N(CCc1ccccc1)C(=O)CN(c1ccc(Br)cc1)S(=O)(=O)c1ccc(C)cc1. The Kier molecular flexibility index (Phi) is 10.7. The van der Waals surface area contributed by atoms with Crippen molar-refractivity contribution in [2.75, 3.05) is 17.4 Å². The van der Waals surface area contributed by atoms with Gasteiger partial charge >= 0.3 is 0 Å². The quantitative estimate of drug-likeness (QED) is 0.299. The van der Waals surface area contributed by atoms with Crippen molar-refractivity contribution in [1.29, 1.82) is 0 Å². The van der Waals surface area contributed by atoms with Crippen molar-refractivity contribution in [1.82, 2.24) is 10.2 Å². The molecule has 3 rings (SSSR count). The lowest BCUT2D eigenvalue weighted by Gasteiger charge is -2.32. The summed E-state index contributed by atoms with van der Waals surface area (Å²) >= 11 is 3.39. The monoisotopic (exact) mass is 613 g/mol. The van der Waals surface area contributed by atoms with Gasteiger partial charge in [-0.25, -0.2) is 8.42 Å². The van der Waals surface area contributed by atoms with Gasteiger partial charge in [0, 0.05) is 17.1 Å². The van der Waals surface area contributed by atoms with E-state index in [1.807, 2.05) is 51.1 Å². The van der Waals surface area contributed by atoms with E-state index in [1.54, 1.807) is 43.3 Å². The molecule has 39 heavy (non-hydrogen) atoms. The summed E-state index contributed by atoms with van der Waals surface area (Å²) in [5.74, 6) is -0.737. The van der Waals surface area contributed by atoms with Gasteiger partial charge in [-0.15, -0.1) is 0 Å². The summed E-state index contributed by atoms with van der Waals surface area (Å²) in [6, 6.07) is 22.1. The van der Waals surface area contributed by atoms with Gasteiger partial charge in [0.25, 0.3) is 10.0 Å². The number of nitrogens with zero attached hydrogens (tertiary/aromatic N) is 2. The Hall–Kier alpha value is -3.17. The molecular formula is C30H36BrN3O4S. The molecule has 0 aliphatic heterocycles. The number of carbonyl (C=O) groups excluding carboxylic acids is 2. The number of carbonyl (C=O) groups is 2. The minimum atomic E-state index is -4.08. The third-order valence-corrected chi connectivity index (χ3v) is 8.97. The van der Waals surface area contributed by atoms with Crippen LogP contribution in [0.15, 0.2) is 88.2 Å². The summed E-state index contributed by atoms with van der Waals surface area (Å²) < 4.78 is 29.5. The minimum Gasteiger partial charge on any atom is -0.352 e. The van der Waals surface area contributed by atoms with Crippen LogP contribution in [0.4, 0.5) is 5.69 Å². The molecule has 0 aliphatic rings. The lowest BCUT2D eigenvalue weighted by atomic mass is 10.1. The van der Waals surface area contributed by atoms with E-state index in [-0.39, 0.29) is 23.4 Å². The van der Waals surface area contributed by atoms with E-state index in [4.69, 9.17) is 0 Å². The fraction of sp³-hybridized carbons (Fsp3) is 0.333. The Morgan fingerprint density at radius 2 is 1.54 bits per heavy atom. The van der Waals surface area contributed by atoms with E-state index in [9.17, 15) is 18.0 Å². The first kappa shape index (κ1) is 30.4. The van der Waals surface area contributed by atoms with Crippen molar-refractivity contribution in [3.8, 4) is 0 Å². The number of hydrogen-bond donors (Lipinski definition) is 1. The van der Waals surface area contributed by atoms with Crippen LogP contribution in [0.1, 0.15) is 38.3 Å². The van der Waals surface area contributed by atoms with Gasteiger partial charge in [-0.05, 0) is 75.6 Å². The third kappa shape index (κ3) is 8.16. The Morgan fingerprint density at radius 3 is 2.13 bits per heavy atom. The number of rotatable bonds is 12. The second-order valence-electron chi connectivity index (χ2n) is 9.62. The molecule has 1 N–H and O–H groups in total. The van der Waals surface area contributed by atoms with E-state index < -0.39 is 28.5 Å². The van der Waals surface area contributed by atoms with Crippen molar-refractivity contribution in [2.24, 2.45) is 0 Å². The topological polar surface area (TPSA) is 86.8 Å². The zero-order chi connectivity index (χ0) is 28.6. The molecule has 0 fully saturated rings. The molecule has 0 heterocycles. The number of anilines is 1. The van der Waals surface area contributed by atoms with Gasteiger partial charge < -0.3 is 10.2 Å². The molecular weight excluding hydrogens is 578 g/mol. The van der Waals surface area contributed by atoms with Gasteiger partial charge in [0.2, 0.25) is 11.8 Å². The molecule has 0 saturated carbocycles. The molecule has 0 unspecified atom stereocenters. The maximum Gasteiger partial charge on any atom is 0.264 e. The summed E-state index contributed by atoms with van der Waals surface area (Å²) in [5, 5.41) is 2.95. The van der Waals surface area contributed by atoms with E-state index in [0.717, 1.165) is 26.3 Å². The fourth-order valence-electron chi connectivity index (χ4n) is 4.01. The second kappa shape index (κ2) is 13.8. The molecule has 0 radical (unpaired) electrons. The van der Waals surface area contributed by atoms with Crippen LogP contribution in [0.5, 0.6) is 0 Å². The van der Waals surface area contributed by atoms with Crippen LogP contribution in [-0.4, -0.2) is 50.3 Å². The average molecular weight is 615 g/mol. The van der Waals surface area contributed by atoms with E-state index in [2.05, 4.69) is 21.2 Å². The van der Waals surface area contributed by atoms with E-state index >= 15 is 0 Å². The summed E-state index contributed by atoms with van der Waals surface area (Å²) in [5.41, 5.74) is 2.29. The molecule has 208 valence electrons.